The molecule has 0 fully saturated rings. The van der Waals surface area contributed by atoms with Gasteiger partial charge in [-0.25, -0.2) is 4.79 Å². The van der Waals surface area contributed by atoms with Gasteiger partial charge in [0.25, 0.3) is 0 Å². The molecule has 0 saturated carbocycles. The van der Waals surface area contributed by atoms with Gasteiger partial charge in [-0.1, -0.05) is 49.7 Å². The number of anilines is 1. The molecule has 0 aromatic heterocycles. The van der Waals surface area contributed by atoms with Gasteiger partial charge in [0.15, 0.2) is 0 Å². The first-order valence-electron chi connectivity index (χ1n) is 9.83. The molecule has 1 aliphatic heterocycles. The zero-order valence-corrected chi connectivity index (χ0v) is 17.6. The van der Waals surface area contributed by atoms with Crippen molar-refractivity contribution in [2.75, 3.05) is 24.2 Å². The van der Waals surface area contributed by atoms with E-state index in [1.807, 2.05) is 42.7 Å². The summed E-state index contributed by atoms with van der Waals surface area (Å²) in [7, 11) is 0. The maximum Gasteiger partial charge on any atom is 0.338 e. The molecule has 0 radical (unpaired) electrons. The van der Waals surface area contributed by atoms with Gasteiger partial charge in [-0.2, -0.15) is 0 Å². The molecule has 0 atom stereocenters. The van der Waals surface area contributed by atoms with Crippen molar-refractivity contribution in [2.45, 2.75) is 19.8 Å². The number of thioether (sulfide) groups is 1. The van der Waals surface area contributed by atoms with Crippen LogP contribution in [0.15, 0.2) is 60.0 Å². The van der Waals surface area contributed by atoms with Crippen LogP contribution in [0.1, 0.15) is 35.7 Å². The van der Waals surface area contributed by atoms with E-state index in [0.717, 1.165) is 18.4 Å². The fourth-order valence-corrected chi connectivity index (χ4v) is 3.74. The number of carbonyl (C=O) groups is 3. The minimum absolute atomic E-state index is 0.106. The Balaban J connectivity index is 1.66. The third-order valence-electron chi connectivity index (χ3n) is 4.48. The van der Waals surface area contributed by atoms with Gasteiger partial charge in [0, 0.05) is 5.69 Å². The third kappa shape index (κ3) is 5.73. The molecule has 2 aromatic rings. The second kappa shape index (κ2) is 10.6. The van der Waals surface area contributed by atoms with Crippen molar-refractivity contribution >= 4 is 40.9 Å². The Morgan fingerprint density at radius 3 is 2.70 bits per heavy atom. The number of rotatable bonds is 8. The second-order valence-corrected chi connectivity index (χ2v) is 7.64. The Kier molecular flexibility index (Phi) is 7.68. The van der Waals surface area contributed by atoms with Crippen molar-refractivity contribution in [1.29, 1.82) is 0 Å². The van der Waals surface area contributed by atoms with Gasteiger partial charge in [0.2, 0.25) is 11.8 Å². The van der Waals surface area contributed by atoms with Crippen molar-refractivity contribution in [3.05, 3.63) is 71.1 Å². The van der Waals surface area contributed by atoms with Gasteiger partial charge in [-0.3, -0.25) is 9.59 Å². The van der Waals surface area contributed by atoms with Crippen LogP contribution < -0.4 is 5.32 Å². The predicted octanol–water partition coefficient (Wildman–Crippen LogP) is 4.16. The summed E-state index contributed by atoms with van der Waals surface area (Å²) in [6.07, 6.45) is 1.75. The van der Waals surface area contributed by atoms with E-state index < -0.39 is 5.97 Å². The molecule has 7 heteroatoms. The van der Waals surface area contributed by atoms with Crippen molar-refractivity contribution < 1.29 is 19.1 Å². The van der Waals surface area contributed by atoms with E-state index in [9.17, 15) is 14.4 Å². The van der Waals surface area contributed by atoms with Crippen LogP contribution in [0.4, 0.5) is 5.69 Å². The topological polar surface area (TPSA) is 75.7 Å². The van der Waals surface area contributed by atoms with Crippen LogP contribution in [0.5, 0.6) is 0 Å². The number of carbonyl (C=O) groups excluding carboxylic acids is 3. The van der Waals surface area contributed by atoms with E-state index in [1.54, 1.807) is 24.3 Å². The summed E-state index contributed by atoms with van der Waals surface area (Å²) < 4.78 is 5.21. The highest BCUT2D eigenvalue weighted by Gasteiger charge is 2.25. The average Bonchev–Trinajstić information content (AvgIpc) is 2.76. The van der Waals surface area contributed by atoms with Crippen molar-refractivity contribution in [1.82, 2.24) is 4.90 Å². The van der Waals surface area contributed by atoms with E-state index >= 15 is 0 Å². The fraction of sp³-hybridized carbons (Fsp3) is 0.261. The molecular weight excluding hydrogens is 400 g/mol. The summed E-state index contributed by atoms with van der Waals surface area (Å²) in [5, 5.41) is 4.67. The lowest BCUT2D eigenvalue weighted by atomic mass is 10.1. The molecule has 0 spiro atoms. The molecule has 2 amide bonds. The normalized spacial score (nSPS) is 13.6. The van der Waals surface area contributed by atoms with Gasteiger partial charge in [-0.15, -0.1) is 11.8 Å². The molecule has 156 valence electrons. The number of amides is 2. The zero-order chi connectivity index (χ0) is 21.3. The van der Waals surface area contributed by atoms with Crippen LogP contribution in [0, 0.1) is 0 Å². The highest BCUT2D eigenvalue weighted by atomic mass is 32.2. The molecule has 0 unspecified atom stereocenters. The van der Waals surface area contributed by atoms with Crippen LogP contribution in [0.2, 0.25) is 0 Å². The van der Waals surface area contributed by atoms with Crippen molar-refractivity contribution in [2.24, 2.45) is 0 Å². The summed E-state index contributed by atoms with van der Waals surface area (Å²) in [5.41, 5.74) is 2.44. The average molecular weight is 425 g/mol. The van der Waals surface area contributed by atoms with E-state index in [-0.39, 0.29) is 18.4 Å². The van der Waals surface area contributed by atoms with Crippen LogP contribution >= 0.6 is 11.8 Å². The largest absolute Gasteiger partial charge is 0.462 e. The molecule has 1 aliphatic rings. The lowest BCUT2D eigenvalue weighted by molar-refractivity contribution is -0.129. The first kappa shape index (κ1) is 21.6. The molecular formula is C23H24N2O4S. The SMILES string of the molecule is CCCCOC(=O)c1cccc(NC(=O)CN2C(=O)CSC=C2c2ccccc2)c1. The standard InChI is InChI=1S/C23H24N2O4S/c1-2-3-12-29-23(28)18-10-7-11-19(13-18)24-21(26)14-25-20(15-30-16-22(25)27)17-8-5-4-6-9-17/h4-11,13,15H,2-3,12,14,16H2,1H3,(H,24,26). The summed E-state index contributed by atoms with van der Waals surface area (Å²) >= 11 is 1.42. The van der Waals surface area contributed by atoms with Crippen LogP contribution in [-0.4, -0.2) is 41.6 Å². The molecule has 30 heavy (non-hydrogen) atoms. The molecule has 0 saturated heterocycles. The maximum atomic E-state index is 12.6. The quantitative estimate of drug-likeness (QED) is 0.509. The van der Waals surface area contributed by atoms with Gasteiger partial charge >= 0.3 is 5.97 Å². The van der Waals surface area contributed by atoms with E-state index in [4.69, 9.17) is 4.74 Å². The van der Waals surface area contributed by atoms with Crippen molar-refractivity contribution in [3.63, 3.8) is 0 Å². The van der Waals surface area contributed by atoms with E-state index in [0.29, 0.717) is 29.3 Å². The predicted molar refractivity (Wildman–Crippen MR) is 119 cm³/mol. The number of hydrogen-bond donors (Lipinski definition) is 1. The summed E-state index contributed by atoms with van der Waals surface area (Å²) in [5.74, 6) is -0.585. The molecule has 0 bridgehead atoms. The highest BCUT2D eigenvalue weighted by molar-refractivity contribution is 8.03. The Hall–Kier alpha value is -3.06. The van der Waals surface area contributed by atoms with Gasteiger partial charge < -0.3 is 15.0 Å². The molecule has 3 rings (SSSR count). The van der Waals surface area contributed by atoms with Gasteiger partial charge in [0.05, 0.1) is 23.6 Å². The van der Waals surface area contributed by atoms with Crippen molar-refractivity contribution in [3.8, 4) is 0 Å². The summed E-state index contributed by atoms with van der Waals surface area (Å²) in [6.45, 7) is 2.29. The molecule has 1 heterocycles. The monoisotopic (exact) mass is 424 g/mol. The minimum atomic E-state index is -0.419. The van der Waals surface area contributed by atoms with E-state index in [1.165, 1.54) is 16.7 Å². The first-order chi connectivity index (χ1) is 14.6. The maximum absolute atomic E-state index is 12.6. The second-order valence-electron chi connectivity index (χ2n) is 6.78. The number of nitrogens with one attached hydrogen (secondary N) is 1. The summed E-state index contributed by atoms with van der Waals surface area (Å²) in [6, 6.07) is 16.1. The number of esters is 1. The van der Waals surface area contributed by atoms with Crippen LogP contribution in [0.25, 0.3) is 5.70 Å². The number of ether oxygens (including phenoxy) is 1. The Labute approximate surface area is 180 Å². The first-order valence-corrected chi connectivity index (χ1v) is 10.9. The lowest BCUT2D eigenvalue weighted by Crippen LogP contribution is -2.39. The lowest BCUT2D eigenvalue weighted by Gasteiger charge is -2.28. The number of benzene rings is 2. The number of unbranched alkanes of at least 4 members (excludes halogenated alkanes) is 1. The highest BCUT2D eigenvalue weighted by Crippen LogP contribution is 2.28. The minimum Gasteiger partial charge on any atom is -0.462 e. The number of nitrogens with zero attached hydrogens (tertiary/aromatic N) is 1. The zero-order valence-electron chi connectivity index (χ0n) is 16.8. The molecule has 0 aliphatic carbocycles. The Morgan fingerprint density at radius 2 is 1.93 bits per heavy atom. The van der Waals surface area contributed by atoms with Crippen LogP contribution in [-0.2, 0) is 14.3 Å². The molecule has 2 aromatic carbocycles. The summed E-state index contributed by atoms with van der Waals surface area (Å²) in [4.78, 5) is 38.7. The van der Waals surface area contributed by atoms with Gasteiger partial charge in [-0.05, 0) is 35.6 Å². The Bertz CT molecular complexity index is 943. The third-order valence-corrected chi connectivity index (χ3v) is 5.28. The smallest absolute Gasteiger partial charge is 0.338 e. The number of hydrogen-bond acceptors (Lipinski definition) is 5. The fourth-order valence-electron chi connectivity index (χ4n) is 2.93. The Morgan fingerprint density at radius 1 is 1.13 bits per heavy atom. The molecule has 1 N–H and O–H groups in total. The van der Waals surface area contributed by atoms with E-state index in [2.05, 4.69) is 5.32 Å². The van der Waals surface area contributed by atoms with Crippen LogP contribution in [0.3, 0.4) is 0 Å². The molecule has 6 nitrogen and oxygen atoms in total. The van der Waals surface area contributed by atoms with Gasteiger partial charge in [0.1, 0.15) is 6.54 Å².